The van der Waals surface area contributed by atoms with Gasteiger partial charge in [0.15, 0.2) is 0 Å². The Kier molecular flexibility index (Phi) is 4.76. The fourth-order valence-corrected chi connectivity index (χ4v) is 3.04. The normalized spacial score (nSPS) is 13.9. The lowest BCUT2D eigenvalue weighted by Crippen LogP contribution is -2.27. The zero-order chi connectivity index (χ0) is 16.2. The van der Waals surface area contributed by atoms with E-state index in [2.05, 4.69) is 21.2 Å². The van der Waals surface area contributed by atoms with Gasteiger partial charge < -0.3 is 10.2 Å². The Morgan fingerprint density at radius 2 is 1.61 bits per heavy atom. The number of carbonyl (C=O) groups excluding carboxylic acids is 2. The topological polar surface area (TPSA) is 49.4 Å². The van der Waals surface area contributed by atoms with Crippen molar-refractivity contribution in [3.63, 3.8) is 0 Å². The molecule has 1 aliphatic heterocycles. The van der Waals surface area contributed by atoms with Gasteiger partial charge in [-0.25, -0.2) is 0 Å². The number of benzene rings is 2. The maximum absolute atomic E-state index is 12.3. The fraction of sp³-hybridized carbons (Fsp3) is 0.222. The van der Waals surface area contributed by atoms with Gasteiger partial charge in [-0.1, -0.05) is 22.0 Å². The van der Waals surface area contributed by atoms with Crippen molar-refractivity contribution in [3.05, 3.63) is 64.1 Å². The first-order chi connectivity index (χ1) is 11.1. The van der Waals surface area contributed by atoms with Gasteiger partial charge in [0.2, 0.25) is 0 Å². The van der Waals surface area contributed by atoms with E-state index in [0.29, 0.717) is 11.1 Å². The molecule has 0 atom stereocenters. The minimum absolute atomic E-state index is 0.0430. The van der Waals surface area contributed by atoms with E-state index in [-0.39, 0.29) is 11.8 Å². The summed E-state index contributed by atoms with van der Waals surface area (Å²) >= 11 is 3.37. The summed E-state index contributed by atoms with van der Waals surface area (Å²) in [6.45, 7) is 1.65. The summed E-state index contributed by atoms with van der Waals surface area (Å²) in [6.07, 6.45) is 2.14. The summed E-state index contributed by atoms with van der Waals surface area (Å²) in [5.41, 5.74) is 1.88. The second-order valence-electron chi connectivity index (χ2n) is 5.54. The average Bonchev–Trinajstić information content (AvgIpc) is 3.09. The van der Waals surface area contributed by atoms with Crippen molar-refractivity contribution < 1.29 is 9.59 Å². The van der Waals surface area contributed by atoms with Crippen LogP contribution in [0.1, 0.15) is 33.6 Å². The van der Waals surface area contributed by atoms with Crippen LogP contribution in [-0.2, 0) is 0 Å². The summed E-state index contributed by atoms with van der Waals surface area (Å²) in [7, 11) is 0. The van der Waals surface area contributed by atoms with Crippen molar-refractivity contribution in [1.82, 2.24) is 4.90 Å². The van der Waals surface area contributed by atoms with Gasteiger partial charge in [0.1, 0.15) is 0 Å². The fourth-order valence-electron chi connectivity index (χ4n) is 2.64. The molecule has 2 amide bonds. The monoisotopic (exact) mass is 372 g/mol. The van der Waals surface area contributed by atoms with E-state index in [1.54, 1.807) is 24.3 Å². The number of amides is 2. The molecule has 23 heavy (non-hydrogen) atoms. The minimum atomic E-state index is -0.191. The Labute approximate surface area is 143 Å². The van der Waals surface area contributed by atoms with E-state index in [1.807, 2.05) is 29.2 Å². The van der Waals surface area contributed by atoms with Gasteiger partial charge in [0, 0.05) is 34.4 Å². The van der Waals surface area contributed by atoms with Crippen molar-refractivity contribution in [1.29, 1.82) is 0 Å². The molecule has 0 bridgehead atoms. The molecule has 0 aromatic heterocycles. The number of nitrogens with one attached hydrogen (secondary N) is 1. The lowest BCUT2D eigenvalue weighted by molar-refractivity contribution is 0.0792. The van der Waals surface area contributed by atoms with Crippen LogP contribution in [0.3, 0.4) is 0 Å². The Hall–Kier alpha value is -2.14. The molecular weight excluding hydrogens is 356 g/mol. The van der Waals surface area contributed by atoms with Crippen molar-refractivity contribution in [2.24, 2.45) is 0 Å². The van der Waals surface area contributed by atoms with Gasteiger partial charge >= 0.3 is 0 Å². The van der Waals surface area contributed by atoms with Crippen LogP contribution >= 0.6 is 15.9 Å². The molecule has 3 rings (SSSR count). The SMILES string of the molecule is O=C(Nc1cccc(Br)c1)c1ccc(C(=O)N2CCCC2)cc1. The van der Waals surface area contributed by atoms with E-state index in [9.17, 15) is 9.59 Å². The molecule has 0 unspecified atom stereocenters. The molecule has 1 heterocycles. The predicted molar refractivity (Wildman–Crippen MR) is 93.7 cm³/mol. The maximum Gasteiger partial charge on any atom is 0.255 e. The summed E-state index contributed by atoms with van der Waals surface area (Å²) < 4.78 is 0.904. The highest BCUT2D eigenvalue weighted by Gasteiger charge is 2.19. The Bertz CT molecular complexity index is 722. The van der Waals surface area contributed by atoms with Gasteiger partial charge in [-0.2, -0.15) is 0 Å². The molecular formula is C18H17BrN2O2. The molecule has 1 N–H and O–H groups in total. The Balaban J connectivity index is 1.69. The molecule has 0 aliphatic carbocycles. The molecule has 2 aromatic carbocycles. The molecule has 1 saturated heterocycles. The molecule has 4 nitrogen and oxygen atoms in total. The number of anilines is 1. The predicted octanol–water partition coefficient (Wildman–Crippen LogP) is 3.94. The first kappa shape index (κ1) is 15.7. The number of nitrogens with zero attached hydrogens (tertiary/aromatic N) is 1. The third kappa shape index (κ3) is 3.79. The van der Waals surface area contributed by atoms with E-state index in [1.165, 1.54) is 0 Å². The van der Waals surface area contributed by atoms with Crippen LogP contribution in [0.5, 0.6) is 0 Å². The number of carbonyl (C=O) groups is 2. The quantitative estimate of drug-likeness (QED) is 0.886. The largest absolute Gasteiger partial charge is 0.339 e. The first-order valence-electron chi connectivity index (χ1n) is 7.60. The molecule has 118 valence electrons. The Morgan fingerprint density at radius 1 is 0.957 bits per heavy atom. The highest BCUT2D eigenvalue weighted by Crippen LogP contribution is 2.17. The van der Waals surface area contributed by atoms with Crippen LogP contribution in [0.2, 0.25) is 0 Å². The second-order valence-corrected chi connectivity index (χ2v) is 6.46. The zero-order valence-corrected chi connectivity index (χ0v) is 14.2. The number of hydrogen-bond donors (Lipinski definition) is 1. The van der Waals surface area contributed by atoms with E-state index < -0.39 is 0 Å². The van der Waals surface area contributed by atoms with Crippen LogP contribution in [0, 0.1) is 0 Å². The van der Waals surface area contributed by atoms with Gasteiger partial charge in [-0.15, -0.1) is 0 Å². The van der Waals surface area contributed by atoms with E-state index >= 15 is 0 Å². The summed E-state index contributed by atoms with van der Waals surface area (Å²) in [4.78, 5) is 26.4. The van der Waals surface area contributed by atoms with Crippen molar-refractivity contribution in [2.75, 3.05) is 18.4 Å². The second kappa shape index (κ2) is 6.96. The van der Waals surface area contributed by atoms with Gasteiger partial charge in [-0.3, -0.25) is 9.59 Å². The summed E-state index contributed by atoms with van der Waals surface area (Å²) in [5, 5.41) is 2.84. The molecule has 0 saturated carbocycles. The van der Waals surface area contributed by atoms with E-state index in [0.717, 1.165) is 36.1 Å². The number of hydrogen-bond acceptors (Lipinski definition) is 2. The van der Waals surface area contributed by atoms with Crippen molar-refractivity contribution in [3.8, 4) is 0 Å². The number of rotatable bonds is 3. The van der Waals surface area contributed by atoms with Gasteiger partial charge in [0.05, 0.1) is 0 Å². The first-order valence-corrected chi connectivity index (χ1v) is 8.39. The highest BCUT2D eigenvalue weighted by molar-refractivity contribution is 9.10. The van der Waals surface area contributed by atoms with Crippen molar-refractivity contribution in [2.45, 2.75) is 12.8 Å². The molecule has 0 spiro atoms. The highest BCUT2D eigenvalue weighted by atomic mass is 79.9. The molecule has 1 aliphatic rings. The Morgan fingerprint density at radius 3 is 2.26 bits per heavy atom. The van der Waals surface area contributed by atoms with Crippen molar-refractivity contribution >= 4 is 33.4 Å². The molecule has 1 fully saturated rings. The van der Waals surface area contributed by atoms with E-state index in [4.69, 9.17) is 0 Å². The zero-order valence-electron chi connectivity index (χ0n) is 12.6. The molecule has 0 radical (unpaired) electrons. The maximum atomic E-state index is 12.3. The smallest absolute Gasteiger partial charge is 0.255 e. The molecule has 5 heteroatoms. The standard InChI is InChI=1S/C18H17BrN2O2/c19-15-4-3-5-16(12-15)20-17(22)13-6-8-14(9-7-13)18(23)21-10-1-2-11-21/h3-9,12H,1-2,10-11H2,(H,20,22). The number of likely N-dealkylation sites (tertiary alicyclic amines) is 1. The number of halogens is 1. The minimum Gasteiger partial charge on any atom is -0.339 e. The van der Waals surface area contributed by atoms with Crippen LogP contribution in [0.4, 0.5) is 5.69 Å². The average molecular weight is 373 g/mol. The van der Waals surface area contributed by atoms with Gasteiger partial charge in [0.25, 0.3) is 11.8 Å². The van der Waals surface area contributed by atoms with Crippen LogP contribution in [-0.4, -0.2) is 29.8 Å². The summed E-state index contributed by atoms with van der Waals surface area (Å²) in [6, 6.07) is 14.2. The third-order valence-corrected chi connectivity index (χ3v) is 4.36. The lowest BCUT2D eigenvalue weighted by atomic mass is 10.1. The lowest BCUT2D eigenvalue weighted by Gasteiger charge is -2.15. The third-order valence-electron chi connectivity index (χ3n) is 3.87. The van der Waals surface area contributed by atoms with Crippen LogP contribution in [0.25, 0.3) is 0 Å². The van der Waals surface area contributed by atoms with Gasteiger partial charge in [-0.05, 0) is 55.3 Å². The molecule has 2 aromatic rings. The van der Waals surface area contributed by atoms with Crippen LogP contribution < -0.4 is 5.32 Å². The van der Waals surface area contributed by atoms with Crippen LogP contribution in [0.15, 0.2) is 53.0 Å². The summed E-state index contributed by atoms with van der Waals surface area (Å²) in [5.74, 6) is -0.148.